The molecule has 0 saturated heterocycles. The van der Waals surface area contributed by atoms with Gasteiger partial charge in [0.2, 0.25) is 17.7 Å². The highest BCUT2D eigenvalue weighted by Gasteiger charge is 2.20. The van der Waals surface area contributed by atoms with Crippen molar-refractivity contribution in [2.24, 2.45) is 17.2 Å². The summed E-state index contributed by atoms with van der Waals surface area (Å²) < 4.78 is 0. The number of hydrogen-bond acceptors (Lipinski definition) is 3. The van der Waals surface area contributed by atoms with Crippen molar-refractivity contribution in [2.45, 2.75) is 0 Å². The van der Waals surface area contributed by atoms with E-state index in [0.29, 0.717) is 11.1 Å². The van der Waals surface area contributed by atoms with E-state index in [1.807, 2.05) is 0 Å². The van der Waals surface area contributed by atoms with Crippen LogP contribution < -0.4 is 17.2 Å². The molecule has 0 spiro atoms. The molecule has 0 unspecified atom stereocenters. The molecule has 2 aromatic rings. The van der Waals surface area contributed by atoms with E-state index < -0.39 is 17.7 Å². The molecule has 0 aliphatic heterocycles. The minimum absolute atomic E-state index is 0.000673. The summed E-state index contributed by atoms with van der Waals surface area (Å²) in [6.45, 7) is 0. The molecule has 0 fully saturated rings. The van der Waals surface area contributed by atoms with Crippen LogP contribution in [0, 0.1) is 0 Å². The Morgan fingerprint density at radius 3 is 1.71 bits per heavy atom. The Bertz CT molecular complexity index is 754. The molecule has 0 heterocycles. The van der Waals surface area contributed by atoms with Crippen LogP contribution in [-0.2, 0) is 0 Å². The second-order valence-electron chi connectivity index (χ2n) is 4.37. The minimum Gasteiger partial charge on any atom is -0.366 e. The monoisotopic (exact) mass is 283 g/mol. The largest absolute Gasteiger partial charge is 0.366 e. The van der Waals surface area contributed by atoms with E-state index in [-0.39, 0.29) is 16.7 Å². The summed E-state index contributed by atoms with van der Waals surface area (Å²) in [5, 5.41) is 0. The Balaban J connectivity index is 2.82. The fourth-order valence-corrected chi connectivity index (χ4v) is 2.18. The summed E-state index contributed by atoms with van der Waals surface area (Å²) in [5.41, 5.74) is 16.9. The maximum Gasteiger partial charge on any atom is 0.250 e. The standard InChI is InChI=1S/C15H13N3O3/c16-13(19)10-5-2-1-4-8(10)9-6-3-7-11(14(17)20)12(9)15(18)21/h1-7H,(H2,16,19)(H2,17,20)(H2,18,21). The zero-order chi connectivity index (χ0) is 15.6. The van der Waals surface area contributed by atoms with Crippen LogP contribution >= 0.6 is 0 Å². The zero-order valence-corrected chi connectivity index (χ0v) is 11.0. The third-order valence-electron chi connectivity index (χ3n) is 3.06. The molecule has 0 aliphatic carbocycles. The number of nitrogens with two attached hydrogens (primary N) is 3. The van der Waals surface area contributed by atoms with E-state index >= 15 is 0 Å². The van der Waals surface area contributed by atoms with Crippen molar-refractivity contribution in [3.63, 3.8) is 0 Å². The van der Waals surface area contributed by atoms with Gasteiger partial charge in [-0.15, -0.1) is 0 Å². The van der Waals surface area contributed by atoms with Crippen LogP contribution in [0.5, 0.6) is 0 Å². The van der Waals surface area contributed by atoms with Gasteiger partial charge in [0.15, 0.2) is 0 Å². The second kappa shape index (κ2) is 5.46. The first kappa shape index (κ1) is 14.3. The highest BCUT2D eigenvalue weighted by Crippen LogP contribution is 2.29. The molecule has 0 aliphatic rings. The van der Waals surface area contributed by atoms with Crippen molar-refractivity contribution in [1.82, 2.24) is 0 Å². The molecule has 6 N–H and O–H groups in total. The average molecular weight is 283 g/mol. The number of carbonyl (C=O) groups is 3. The number of primary amides is 3. The quantitative estimate of drug-likeness (QED) is 0.761. The van der Waals surface area contributed by atoms with Gasteiger partial charge in [-0.25, -0.2) is 0 Å². The first-order valence-electron chi connectivity index (χ1n) is 6.05. The van der Waals surface area contributed by atoms with Crippen molar-refractivity contribution in [1.29, 1.82) is 0 Å². The van der Waals surface area contributed by atoms with Gasteiger partial charge in [0.05, 0.1) is 11.1 Å². The van der Waals surface area contributed by atoms with E-state index in [4.69, 9.17) is 17.2 Å². The molecule has 21 heavy (non-hydrogen) atoms. The molecular formula is C15H13N3O3. The summed E-state index contributed by atoms with van der Waals surface area (Å²) in [6.07, 6.45) is 0. The van der Waals surface area contributed by atoms with Crippen LogP contribution in [0.4, 0.5) is 0 Å². The van der Waals surface area contributed by atoms with Crippen LogP contribution in [0.1, 0.15) is 31.1 Å². The lowest BCUT2D eigenvalue weighted by Gasteiger charge is -2.12. The third kappa shape index (κ3) is 2.59. The Kier molecular flexibility index (Phi) is 3.71. The van der Waals surface area contributed by atoms with Crippen LogP contribution in [0.3, 0.4) is 0 Å². The Morgan fingerprint density at radius 2 is 1.14 bits per heavy atom. The minimum atomic E-state index is -0.807. The summed E-state index contributed by atoms with van der Waals surface area (Å²) in [4.78, 5) is 34.7. The van der Waals surface area contributed by atoms with E-state index in [2.05, 4.69) is 0 Å². The summed E-state index contributed by atoms with van der Waals surface area (Å²) in [7, 11) is 0. The number of benzene rings is 2. The molecule has 0 aromatic heterocycles. The Labute approximate surface area is 120 Å². The summed E-state index contributed by atoms with van der Waals surface area (Å²) >= 11 is 0. The highest BCUT2D eigenvalue weighted by atomic mass is 16.2. The molecule has 0 atom stereocenters. The second-order valence-corrected chi connectivity index (χ2v) is 4.37. The van der Waals surface area contributed by atoms with Gasteiger partial charge < -0.3 is 17.2 Å². The molecule has 2 aromatic carbocycles. The molecule has 0 radical (unpaired) electrons. The maximum atomic E-state index is 11.7. The molecule has 6 heteroatoms. The molecule has 106 valence electrons. The first-order valence-corrected chi connectivity index (χ1v) is 6.05. The number of rotatable bonds is 4. The smallest absolute Gasteiger partial charge is 0.250 e. The number of amides is 3. The van der Waals surface area contributed by atoms with Gasteiger partial charge in [0.25, 0.3) is 0 Å². The normalized spacial score (nSPS) is 10.1. The van der Waals surface area contributed by atoms with Gasteiger partial charge >= 0.3 is 0 Å². The number of hydrogen-bond donors (Lipinski definition) is 3. The number of carbonyl (C=O) groups excluding carboxylic acids is 3. The van der Waals surface area contributed by atoms with E-state index in [1.54, 1.807) is 30.3 Å². The lowest BCUT2D eigenvalue weighted by atomic mass is 9.91. The Hall–Kier alpha value is -3.15. The molecular weight excluding hydrogens is 270 g/mol. The van der Waals surface area contributed by atoms with Crippen LogP contribution in [-0.4, -0.2) is 17.7 Å². The van der Waals surface area contributed by atoms with E-state index in [9.17, 15) is 14.4 Å². The molecule has 0 saturated carbocycles. The molecule has 6 nitrogen and oxygen atoms in total. The summed E-state index contributed by atoms with van der Waals surface area (Å²) in [5.74, 6) is -2.23. The topological polar surface area (TPSA) is 129 Å². The molecule has 3 amide bonds. The van der Waals surface area contributed by atoms with Crippen molar-refractivity contribution in [3.8, 4) is 11.1 Å². The zero-order valence-electron chi connectivity index (χ0n) is 11.0. The third-order valence-corrected chi connectivity index (χ3v) is 3.06. The van der Waals surface area contributed by atoms with Gasteiger partial charge in [-0.2, -0.15) is 0 Å². The van der Waals surface area contributed by atoms with Crippen molar-refractivity contribution >= 4 is 17.7 Å². The van der Waals surface area contributed by atoms with Crippen molar-refractivity contribution in [3.05, 3.63) is 59.2 Å². The average Bonchev–Trinajstić information content (AvgIpc) is 2.46. The first-order chi connectivity index (χ1) is 9.93. The van der Waals surface area contributed by atoms with Gasteiger partial charge in [-0.05, 0) is 23.3 Å². The van der Waals surface area contributed by atoms with Gasteiger partial charge in [-0.3, -0.25) is 14.4 Å². The van der Waals surface area contributed by atoms with Gasteiger partial charge in [0.1, 0.15) is 0 Å². The van der Waals surface area contributed by atoms with E-state index in [1.165, 1.54) is 12.1 Å². The summed E-state index contributed by atoms with van der Waals surface area (Å²) in [6, 6.07) is 11.0. The maximum absolute atomic E-state index is 11.7. The highest BCUT2D eigenvalue weighted by molar-refractivity contribution is 6.12. The van der Waals surface area contributed by atoms with Crippen LogP contribution in [0.2, 0.25) is 0 Å². The molecule has 0 bridgehead atoms. The molecule has 2 rings (SSSR count). The van der Waals surface area contributed by atoms with Gasteiger partial charge in [0, 0.05) is 5.56 Å². The van der Waals surface area contributed by atoms with E-state index in [0.717, 1.165) is 0 Å². The lowest BCUT2D eigenvalue weighted by Crippen LogP contribution is -2.22. The Morgan fingerprint density at radius 1 is 0.619 bits per heavy atom. The van der Waals surface area contributed by atoms with Crippen LogP contribution in [0.25, 0.3) is 11.1 Å². The fraction of sp³-hybridized carbons (Fsp3) is 0. The SMILES string of the molecule is NC(=O)c1ccccc1-c1cccc(C(N)=O)c1C(N)=O. The fourth-order valence-electron chi connectivity index (χ4n) is 2.18. The van der Waals surface area contributed by atoms with Crippen molar-refractivity contribution in [2.75, 3.05) is 0 Å². The lowest BCUT2D eigenvalue weighted by molar-refractivity contribution is 0.0967. The van der Waals surface area contributed by atoms with Crippen LogP contribution in [0.15, 0.2) is 42.5 Å². The van der Waals surface area contributed by atoms with Crippen molar-refractivity contribution < 1.29 is 14.4 Å². The predicted molar refractivity (Wildman–Crippen MR) is 77.4 cm³/mol. The predicted octanol–water partition coefficient (Wildman–Crippen LogP) is 0.650. The van der Waals surface area contributed by atoms with Gasteiger partial charge in [-0.1, -0.05) is 30.3 Å².